The summed E-state index contributed by atoms with van der Waals surface area (Å²) in [7, 11) is 0. The molecular weight excluding hydrogens is 422 g/mol. The quantitative estimate of drug-likeness (QED) is 0.588. The molecule has 2 unspecified atom stereocenters. The number of carbonyl (C=O) groups is 3. The lowest BCUT2D eigenvalue weighted by molar-refractivity contribution is -0.142. The van der Waals surface area contributed by atoms with E-state index in [0.717, 1.165) is 11.1 Å². The highest BCUT2D eigenvalue weighted by atomic mass is 16.6. The monoisotopic (exact) mass is 457 g/mol. The van der Waals surface area contributed by atoms with Crippen LogP contribution in [0.1, 0.15) is 59.1 Å². The second-order valence-corrected chi connectivity index (χ2v) is 10.4. The zero-order valence-electron chi connectivity index (χ0n) is 20.3. The molecule has 8 nitrogen and oxygen atoms in total. The van der Waals surface area contributed by atoms with Crippen molar-refractivity contribution in [3.8, 4) is 12.3 Å². The van der Waals surface area contributed by atoms with Gasteiger partial charge in [0.25, 0.3) is 0 Å². The molecule has 3 atom stereocenters. The number of benzene rings is 1. The molecule has 33 heavy (non-hydrogen) atoms. The van der Waals surface area contributed by atoms with E-state index in [9.17, 15) is 19.5 Å². The van der Waals surface area contributed by atoms with Crippen LogP contribution < -0.4 is 10.6 Å². The summed E-state index contributed by atoms with van der Waals surface area (Å²) in [5, 5.41) is 15.7. The van der Waals surface area contributed by atoms with Crippen LogP contribution in [-0.2, 0) is 20.9 Å². The van der Waals surface area contributed by atoms with Crippen molar-refractivity contribution in [3.05, 3.63) is 35.4 Å². The standard InChI is InChI=1S/C25H35N3O5/c1-8-16-9-11-17(12-10-16)14-26-21(30)19-13-18(29)15-28(19)22(31)20(24(2,3)4)27-23(32)33-25(5,6)7/h1,9-12,18-20,29H,13-15H2,2-7H3,(H,26,30)(H,27,32)/t18-,19?,20?/m0/s1. The third-order valence-corrected chi connectivity index (χ3v) is 5.23. The average Bonchev–Trinajstić information content (AvgIpc) is 3.10. The van der Waals surface area contributed by atoms with Crippen molar-refractivity contribution in [1.29, 1.82) is 0 Å². The van der Waals surface area contributed by atoms with Crippen LogP contribution in [0.4, 0.5) is 4.79 Å². The Bertz CT molecular complexity index is 906. The van der Waals surface area contributed by atoms with Gasteiger partial charge in [0.05, 0.1) is 6.10 Å². The Labute approximate surface area is 196 Å². The van der Waals surface area contributed by atoms with E-state index in [-0.39, 0.29) is 25.4 Å². The number of hydrogen-bond acceptors (Lipinski definition) is 5. The minimum absolute atomic E-state index is 0.0103. The molecule has 8 heteroatoms. The van der Waals surface area contributed by atoms with Gasteiger partial charge in [0.2, 0.25) is 11.8 Å². The average molecular weight is 458 g/mol. The van der Waals surface area contributed by atoms with Gasteiger partial charge < -0.3 is 25.4 Å². The van der Waals surface area contributed by atoms with Gasteiger partial charge in [-0.3, -0.25) is 9.59 Å². The second-order valence-electron chi connectivity index (χ2n) is 10.4. The van der Waals surface area contributed by atoms with Gasteiger partial charge in [-0.2, -0.15) is 0 Å². The number of carbonyl (C=O) groups excluding carboxylic acids is 3. The van der Waals surface area contributed by atoms with Gasteiger partial charge in [-0.15, -0.1) is 6.42 Å². The number of ether oxygens (including phenoxy) is 1. The lowest BCUT2D eigenvalue weighted by Gasteiger charge is -2.35. The smallest absolute Gasteiger partial charge is 0.408 e. The zero-order chi connectivity index (χ0) is 25.0. The minimum atomic E-state index is -0.941. The molecule has 1 aliphatic heterocycles. The first-order valence-corrected chi connectivity index (χ1v) is 11.0. The maximum Gasteiger partial charge on any atom is 0.408 e. The summed E-state index contributed by atoms with van der Waals surface area (Å²) in [6, 6.07) is 5.43. The van der Waals surface area contributed by atoms with Crippen LogP contribution in [0.3, 0.4) is 0 Å². The number of alkyl carbamates (subject to hydrolysis) is 1. The van der Waals surface area contributed by atoms with Crippen molar-refractivity contribution in [2.45, 2.75) is 78.3 Å². The van der Waals surface area contributed by atoms with Crippen LogP contribution in [-0.4, -0.2) is 58.2 Å². The van der Waals surface area contributed by atoms with Crippen LogP contribution in [0.25, 0.3) is 0 Å². The molecule has 1 aromatic rings. The van der Waals surface area contributed by atoms with Crippen molar-refractivity contribution in [3.63, 3.8) is 0 Å². The second kappa shape index (κ2) is 10.3. The van der Waals surface area contributed by atoms with Gasteiger partial charge in [-0.1, -0.05) is 38.8 Å². The topological polar surface area (TPSA) is 108 Å². The van der Waals surface area contributed by atoms with Gasteiger partial charge >= 0.3 is 6.09 Å². The van der Waals surface area contributed by atoms with Crippen molar-refractivity contribution in [2.24, 2.45) is 5.41 Å². The van der Waals surface area contributed by atoms with Gasteiger partial charge in [0.15, 0.2) is 0 Å². The molecule has 1 heterocycles. The number of aliphatic hydroxyl groups excluding tert-OH is 1. The first-order valence-electron chi connectivity index (χ1n) is 11.0. The largest absolute Gasteiger partial charge is 0.444 e. The summed E-state index contributed by atoms with van der Waals surface area (Å²) < 4.78 is 5.31. The van der Waals surface area contributed by atoms with E-state index in [2.05, 4.69) is 16.6 Å². The number of likely N-dealkylation sites (tertiary alicyclic amines) is 1. The minimum Gasteiger partial charge on any atom is -0.444 e. The number of nitrogens with one attached hydrogen (secondary N) is 2. The molecule has 2 rings (SSSR count). The van der Waals surface area contributed by atoms with Crippen LogP contribution in [0.2, 0.25) is 0 Å². The normalized spacial score (nSPS) is 19.4. The number of aliphatic hydroxyl groups is 1. The lowest BCUT2D eigenvalue weighted by atomic mass is 9.85. The number of amides is 3. The van der Waals surface area contributed by atoms with Gasteiger partial charge in [0.1, 0.15) is 17.7 Å². The molecule has 0 radical (unpaired) electrons. The van der Waals surface area contributed by atoms with E-state index in [4.69, 9.17) is 11.2 Å². The van der Waals surface area contributed by atoms with Gasteiger partial charge in [-0.05, 0) is 43.9 Å². The van der Waals surface area contributed by atoms with Crippen molar-refractivity contribution in [1.82, 2.24) is 15.5 Å². The lowest BCUT2D eigenvalue weighted by Crippen LogP contribution is -2.58. The van der Waals surface area contributed by atoms with Gasteiger partial charge in [0, 0.05) is 25.1 Å². The predicted octanol–water partition coefficient (Wildman–Crippen LogP) is 2.19. The highest BCUT2D eigenvalue weighted by molar-refractivity contribution is 5.92. The maximum atomic E-state index is 13.4. The Hall–Kier alpha value is -3.05. The Balaban J connectivity index is 2.13. The van der Waals surface area contributed by atoms with Crippen molar-refractivity contribution in [2.75, 3.05) is 6.54 Å². The summed E-state index contributed by atoms with van der Waals surface area (Å²) in [5.74, 6) is 1.73. The zero-order valence-corrected chi connectivity index (χ0v) is 20.3. The fourth-order valence-corrected chi connectivity index (χ4v) is 3.57. The molecule has 0 aromatic heterocycles. The summed E-state index contributed by atoms with van der Waals surface area (Å²) in [4.78, 5) is 40.1. The van der Waals surface area contributed by atoms with E-state index >= 15 is 0 Å². The van der Waals surface area contributed by atoms with Crippen molar-refractivity contribution < 1.29 is 24.2 Å². The molecule has 0 bridgehead atoms. The van der Waals surface area contributed by atoms with Crippen molar-refractivity contribution >= 4 is 17.9 Å². The number of terminal acetylenes is 1. The van der Waals surface area contributed by atoms with E-state index in [1.165, 1.54) is 4.90 Å². The van der Waals surface area contributed by atoms with E-state index in [0.29, 0.717) is 0 Å². The van der Waals surface area contributed by atoms with Crippen LogP contribution >= 0.6 is 0 Å². The molecule has 3 amide bonds. The Kier molecular flexibility index (Phi) is 8.15. The molecule has 0 saturated carbocycles. The fourth-order valence-electron chi connectivity index (χ4n) is 3.57. The highest BCUT2D eigenvalue weighted by Gasteiger charge is 2.44. The van der Waals surface area contributed by atoms with E-state index in [1.807, 2.05) is 32.9 Å². The Morgan fingerprint density at radius 1 is 1.18 bits per heavy atom. The van der Waals surface area contributed by atoms with E-state index in [1.54, 1.807) is 32.9 Å². The van der Waals surface area contributed by atoms with E-state index < -0.39 is 41.2 Å². The molecule has 1 aromatic carbocycles. The van der Waals surface area contributed by atoms with Gasteiger partial charge in [-0.25, -0.2) is 4.79 Å². The summed E-state index contributed by atoms with van der Waals surface area (Å²) in [6.07, 6.45) is 3.94. The predicted molar refractivity (Wildman–Crippen MR) is 125 cm³/mol. The third-order valence-electron chi connectivity index (χ3n) is 5.23. The molecule has 1 aliphatic rings. The molecular formula is C25H35N3O5. The number of rotatable bonds is 5. The Morgan fingerprint density at radius 2 is 1.79 bits per heavy atom. The molecule has 1 fully saturated rings. The fraction of sp³-hybridized carbons (Fsp3) is 0.560. The Morgan fingerprint density at radius 3 is 2.30 bits per heavy atom. The highest BCUT2D eigenvalue weighted by Crippen LogP contribution is 2.26. The molecule has 0 spiro atoms. The molecule has 0 aliphatic carbocycles. The van der Waals surface area contributed by atoms with Crippen LogP contribution in [0, 0.1) is 17.8 Å². The van der Waals surface area contributed by atoms with Crippen LogP contribution in [0.5, 0.6) is 0 Å². The van der Waals surface area contributed by atoms with Crippen LogP contribution in [0.15, 0.2) is 24.3 Å². The number of hydrogen-bond donors (Lipinski definition) is 3. The number of β-amino-alcohol motifs (C(OH)–C–C–N with tert-alkyl or cyclic N) is 1. The summed E-state index contributed by atoms with van der Waals surface area (Å²) >= 11 is 0. The SMILES string of the molecule is C#Cc1ccc(CNC(=O)C2C[C@H](O)CN2C(=O)C(NC(=O)OC(C)(C)C)C(C)(C)C)cc1. The molecule has 3 N–H and O–H groups in total. The summed E-state index contributed by atoms with van der Waals surface area (Å²) in [5.41, 5.74) is 0.228. The third kappa shape index (κ3) is 7.50. The first-order chi connectivity index (χ1) is 15.2. The number of nitrogens with zero attached hydrogens (tertiary/aromatic N) is 1. The maximum absolute atomic E-state index is 13.4. The summed E-state index contributed by atoms with van der Waals surface area (Å²) in [6.45, 7) is 10.9. The first kappa shape index (κ1) is 26.2. The molecule has 1 saturated heterocycles. The molecule has 180 valence electrons.